The molecule has 1 aliphatic heterocycles. The van der Waals surface area contributed by atoms with Gasteiger partial charge >= 0.3 is 13.3 Å². The summed E-state index contributed by atoms with van der Waals surface area (Å²) in [7, 11) is -7.95. The second kappa shape index (κ2) is 9.81. The highest BCUT2D eigenvalue weighted by Crippen LogP contribution is 2.37. The van der Waals surface area contributed by atoms with Crippen molar-refractivity contribution in [1.82, 2.24) is 0 Å². The van der Waals surface area contributed by atoms with E-state index in [1.165, 1.54) is 6.26 Å². The van der Waals surface area contributed by atoms with E-state index in [0.29, 0.717) is 11.0 Å². The third kappa shape index (κ3) is 7.54. The highest BCUT2D eigenvalue weighted by atomic mass is 79.9. The summed E-state index contributed by atoms with van der Waals surface area (Å²) >= 11 is 3.24. The molecule has 0 radical (unpaired) electrons. The molecule has 0 aromatic heterocycles. The first-order chi connectivity index (χ1) is 15.5. The molecule has 0 N–H and O–H groups in total. The summed E-state index contributed by atoms with van der Waals surface area (Å²) in [6, 6.07) is 7.75. The van der Waals surface area contributed by atoms with Crippen LogP contribution in [0.4, 0.5) is 13.2 Å². The molecule has 1 aliphatic rings. The molecule has 0 bridgehead atoms. The lowest BCUT2D eigenvalue weighted by Gasteiger charge is -2.32. The normalized spacial score (nSPS) is 17.6. The third-order valence-corrected chi connectivity index (χ3v) is 8.30. The van der Waals surface area contributed by atoms with Gasteiger partial charge in [-0.25, -0.2) is 16.8 Å². The zero-order chi connectivity index (χ0) is 27.2. The van der Waals surface area contributed by atoms with Crippen LogP contribution in [0.3, 0.4) is 0 Å². The van der Waals surface area contributed by atoms with Gasteiger partial charge in [-0.2, -0.15) is 13.2 Å². The van der Waals surface area contributed by atoms with Gasteiger partial charge in [0.2, 0.25) is 0 Å². The second-order valence-electron chi connectivity index (χ2n) is 9.39. The monoisotopic (exact) mass is 598 g/mol. The number of alkyl halides is 3. The van der Waals surface area contributed by atoms with Gasteiger partial charge in [0.15, 0.2) is 19.7 Å². The minimum absolute atomic E-state index is 0.0268. The lowest BCUT2D eigenvalue weighted by atomic mass is 9.78. The minimum atomic E-state index is -4.67. The molecule has 2 aromatic carbocycles. The fourth-order valence-electron chi connectivity index (χ4n) is 3.03. The molecule has 194 valence electrons. The summed E-state index contributed by atoms with van der Waals surface area (Å²) in [5.41, 5.74) is -1.57. The number of halogens is 4. The van der Waals surface area contributed by atoms with Gasteiger partial charge in [-0.3, -0.25) is 0 Å². The minimum Gasteiger partial charge on any atom is -0.399 e. The SMILES string of the molecule is CC1(C)OB(c2cc(C(F)(F)F)cc(S(C)(=O)=O)c2)OC1(C)C.Cc1cc(Br)cc(S(C)(=O)=O)c1. The largest absolute Gasteiger partial charge is 0.494 e. The topological polar surface area (TPSA) is 86.7 Å². The molecule has 35 heavy (non-hydrogen) atoms. The molecule has 13 heteroatoms. The van der Waals surface area contributed by atoms with Crippen LogP contribution in [0.15, 0.2) is 50.7 Å². The van der Waals surface area contributed by atoms with E-state index in [1.54, 1.807) is 39.8 Å². The fraction of sp³-hybridized carbons (Fsp3) is 0.455. The van der Waals surface area contributed by atoms with E-state index in [9.17, 15) is 30.0 Å². The fourth-order valence-corrected chi connectivity index (χ4v) is 5.22. The molecule has 2 aromatic rings. The molecule has 0 atom stereocenters. The van der Waals surface area contributed by atoms with Crippen LogP contribution < -0.4 is 5.46 Å². The van der Waals surface area contributed by atoms with Gasteiger partial charge in [-0.1, -0.05) is 22.0 Å². The molecule has 0 unspecified atom stereocenters. The Morgan fingerprint density at radius 3 is 1.66 bits per heavy atom. The number of benzene rings is 2. The molecule has 0 amide bonds. The van der Waals surface area contributed by atoms with Crippen LogP contribution in [-0.2, 0) is 35.2 Å². The van der Waals surface area contributed by atoms with Gasteiger partial charge in [0.05, 0.1) is 26.6 Å². The zero-order valence-electron chi connectivity index (χ0n) is 20.3. The van der Waals surface area contributed by atoms with E-state index >= 15 is 0 Å². The van der Waals surface area contributed by atoms with Crippen molar-refractivity contribution in [3.8, 4) is 0 Å². The maximum atomic E-state index is 13.1. The number of hydrogen-bond donors (Lipinski definition) is 0. The van der Waals surface area contributed by atoms with E-state index in [-0.39, 0.29) is 5.46 Å². The highest BCUT2D eigenvalue weighted by molar-refractivity contribution is 9.10. The van der Waals surface area contributed by atoms with Crippen molar-refractivity contribution in [3.63, 3.8) is 0 Å². The first-order valence-electron chi connectivity index (χ1n) is 10.3. The van der Waals surface area contributed by atoms with Crippen LogP contribution in [0.25, 0.3) is 0 Å². The van der Waals surface area contributed by atoms with Gasteiger partial charge in [0.1, 0.15) is 0 Å². The maximum absolute atomic E-state index is 13.1. The molecule has 1 heterocycles. The average molecular weight is 599 g/mol. The maximum Gasteiger partial charge on any atom is 0.494 e. The molecule has 0 saturated carbocycles. The van der Waals surface area contributed by atoms with Crippen LogP contribution in [-0.4, -0.2) is 47.7 Å². The van der Waals surface area contributed by atoms with Gasteiger partial charge in [-0.15, -0.1) is 0 Å². The number of aryl methyl sites for hydroxylation is 1. The van der Waals surface area contributed by atoms with Gasteiger partial charge < -0.3 is 9.31 Å². The molecule has 0 aliphatic carbocycles. The van der Waals surface area contributed by atoms with Crippen molar-refractivity contribution in [2.24, 2.45) is 0 Å². The summed E-state index contributed by atoms with van der Waals surface area (Å²) < 4.78 is 97.0. The van der Waals surface area contributed by atoms with Crippen LogP contribution in [0.2, 0.25) is 0 Å². The van der Waals surface area contributed by atoms with Crippen molar-refractivity contribution in [3.05, 3.63) is 52.0 Å². The number of rotatable bonds is 3. The number of hydrogen-bond acceptors (Lipinski definition) is 6. The van der Waals surface area contributed by atoms with Gasteiger partial charge in [0.25, 0.3) is 0 Å². The first kappa shape index (κ1) is 29.8. The lowest BCUT2D eigenvalue weighted by molar-refractivity contribution is -0.137. The van der Waals surface area contributed by atoms with Crippen LogP contribution in [0, 0.1) is 6.92 Å². The molecule has 6 nitrogen and oxygen atoms in total. The van der Waals surface area contributed by atoms with Crippen LogP contribution in [0.5, 0.6) is 0 Å². The van der Waals surface area contributed by atoms with Crippen molar-refractivity contribution in [2.75, 3.05) is 12.5 Å². The average Bonchev–Trinajstić information content (AvgIpc) is 2.86. The lowest BCUT2D eigenvalue weighted by Crippen LogP contribution is -2.41. The third-order valence-electron chi connectivity index (χ3n) is 5.65. The van der Waals surface area contributed by atoms with Gasteiger partial charge in [0, 0.05) is 17.0 Å². The molecule has 1 saturated heterocycles. The summed E-state index contributed by atoms with van der Waals surface area (Å²) in [5.74, 6) is 0. The Labute approximate surface area is 213 Å². The van der Waals surface area contributed by atoms with Gasteiger partial charge in [-0.05, 0) is 76.0 Å². The zero-order valence-corrected chi connectivity index (χ0v) is 23.5. The smallest absolute Gasteiger partial charge is 0.399 e. The van der Waals surface area contributed by atoms with Crippen LogP contribution in [0.1, 0.15) is 38.8 Å². The Morgan fingerprint density at radius 1 is 0.800 bits per heavy atom. The predicted molar refractivity (Wildman–Crippen MR) is 132 cm³/mol. The van der Waals surface area contributed by atoms with Crippen LogP contribution >= 0.6 is 15.9 Å². The molecular weight excluding hydrogens is 572 g/mol. The Morgan fingerprint density at radius 2 is 1.26 bits per heavy atom. The van der Waals surface area contributed by atoms with E-state index in [4.69, 9.17) is 9.31 Å². The van der Waals surface area contributed by atoms with Crippen molar-refractivity contribution in [1.29, 1.82) is 0 Å². The van der Waals surface area contributed by atoms with E-state index in [2.05, 4.69) is 15.9 Å². The quantitative estimate of drug-likeness (QED) is 0.481. The Kier molecular flexibility index (Phi) is 8.36. The Bertz CT molecular complexity index is 1290. The summed E-state index contributed by atoms with van der Waals surface area (Å²) in [6.45, 7) is 8.91. The summed E-state index contributed by atoms with van der Waals surface area (Å²) in [6.07, 6.45) is -2.61. The standard InChI is InChI=1S/C14H18BF3O4S.C8H9BrO2S/c1-12(2)13(3,4)22-15(21-12)10-6-9(14(16,17)18)7-11(8-10)23(5,19)20;1-6-3-7(9)5-8(4-6)12(2,10)11/h6-8H,1-5H3;3-5H,1-2H3. The van der Waals surface area contributed by atoms with Crippen molar-refractivity contribution in [2.45, 2.75) is 61.8 Å². The Balaban J connectivity index is 0.000000303. The molecule has 1 fully saturated rings. The summed E-state index contributed by atoms with van der Waals surface area (Å²) in [4.78, 5) is -0.0635. The van der Waals surface area contributed by atoms with E-state index in [1.807, 2.05) is 13.0 Å². The number of sulfone groups is 2. The van der Waals surface area contributed by atoms with E-state index < -0.39 is 54.6 Å². The van der Waals surface area contributed by atoms with Crippen molar-refractivity contribution < 1.29 is 39.3 Å². The molecular formula is C22H27BBrF3O6S2. The summed E-state index contributed by atoms with van der Waals surface area (Å²) in [5, 5.41) is 0. The molecule has 3 rings (SSSR count). The first-order valence-corrected chi connectivity index (χ1v) is 14.9. The molecule has 0 spiro atoms. The van der Waals surface area contributed by atoms with E-state index in [0.717, 1.165) is 28.4 Å². The second-order valence-corrected chi connectivity index (χ2v) is 14.3. The predicted octanol–water partition coefficient (Wildman–Crippen LogP) is 4.57. The van der Waals surface area contributed by atoms with Crippen molar-refractivity contribution >= 4 is 48.2 Å². The highest BCUT2D eigenvalue weighted by Gasteiger charge is 2.52. The Hall–Kier alpha value is -1.41.